The molecule has 0 saturated carbocycles. The molecule has 0 spiro atoms. The van der Waals surface area contributed by atoms with Gasteiger partial charge in [0.2, 0.25) is 5.91 Å². The Hall–Kier alpha value is -1.51. The number of amides is 1. The second-order valence-electron chi connectivity index (χ2n) is 5.30. The highest BCUT2D eigenvalue weighted by Crippen LogP contribution is 2.26. The van der Waals surface area contributed by atoms with Gasteiger partial charge in [-0.2, -0.15) is 0 Å². The Bertz CT molecular complexity index is 411. The van der Waals surface area contributed by atoms with Gasteiger partial charge in [0.15, 0.2) is 0 Å². The van der Waals surface area contributed by atoms with E-state index in [2.05, 4.69) is 22.3 Å². The van der Waals surface area contributed by atoms with Crippen LogP contribution in [0.1, 0.15) is 31.2 Å². The quantitative estimate of drug-likeness (QED) is 0.823. The molecule has 1 amide bonds. The predicted molar refractivity (Wildman–Crippen MR) is 72.6 cm³/mol. The first kappa shape index (κ1) is 11.6. The number of nitrogens with zero attached hydrogens (tertiary/aromatic N) is 1. The molecule has 1 aromatic carbocycles. The van der Waals surface area contributed by atoms with Crippen molar-refractivity contribution in [2.24, 2.45) is 0 Å². The summed E-state index contributed by atoms with van der Waals surface area (Å²) < 4.78 is 0. The first-order chi connectivity index (χ1) is 8.84. The summed E-state index contributed by atoms with van der Waals surface area (Å²) >= 11 is 0. The summed E-state index contributed by atoms with van der Waals surface area (Å²) in [6.07, 6.45) is 5.69. The maximum atomic E-state index is 12.5. The molecule has 0 radical (unpaired) electrons. The molecule has 3 rings (SSSR count). The molecular weight excluding hydrogens is 224 g/mol. The van der Waals surface area contributed by atoms with Gasteiger partial charge in [0.05, 0.1) is 0 Å². The monoisotopic (exact) mass is 244 g/mol. The Labute approximate surface area is 108 Å². The summed E-state index contributed by atoms with van der Waals surface area (Å²) in [5.74, 6) is 0.285. The average Bonchev–Trinajstić information content (AvgIpc) is 2.64. The molecule has 2 aliphatic heterocycles. The zero-order chi connectivity index (χ0) is 12.4. The standard InChI is InChI=1S/C15H20N2O/c18-15(17-9-5-1-2-6-10-17)14-11-12-7-3-4-8-13(12)16-14/h3-4,7-8,14,16H,1-2,5-6,9-11H2/t14-/m0/s1. The third kappa shape index (κ3) is 2.22. The van der Waals surface area contributed by atoms with Crippen LogP contribution in [0.3, 0.4) is 0 Å². The van der Waals surface area contributed by atoms with Crippen LogP contribution >= 0.6 is 0 Å². The zero-order valence-electron chi connectivity index (χ0n) is 10.7. The van der Waals surface area contributed by atoms with Crippen LogP contribution in [0.5, 0.6) is 0 Å². The lowest BCUT2D eigenvalue weighted by molar-refractivity contribution is -0.131. The molecule has 3 heteroatoms. The van der Waals surface area contributed by atoms with E-state index in [1.54, 1.807) is 0 Å². The summed E-state index contributed by atoms with van der Waals surface area (Å²) in [5, 5.41) is 3.36. The number of carbonyl (C=O) groups excluding carboxylic acids is 1. The Morgan fingerprint density at radius 3 is 2.56 bits per heavy atom. The Balaban J connectivity index is 1.68. The lowest BCUT2D eigenvalue weighted by atomic mass is 10.1. The van der Waals surface area contributed by atoms with E-state index >= 15 is 0 Å². The van der Waals surface area contributed by atoms with Gasteiger partial charge < -0.3 is 10.2 Å². The molecule has 0 bridgehead atoms. The number of carbonyl (C=O) groups is 1. The Morgan fingerprint density at radius 2 is 1.83 bits per heavy atom. The van der Waals surface area contributed by atoms with Crippen LogP contribution in [0.2, 0.25) is 0 Å². The number of anilines is 1. The number of para-hydroxylation sites is 1. The number of hydrogen-bond acceptors (Lipinski definition) is 2. The number of hydrogen-bond donors (Lipinski definition) is 1. The fourth-order valence-electron chi connectivity index (χ4n) is 2.96. The second-order valence-corrected chi connectivity index (χ2v) is 5.30. The minimum absolute atomic E-state index is 0.0412. The Morgan fingerprint density at radius 1 is 1.11 bits per heavy atom. The molecule has 2 heterocycles. The number of benzene rings is 1. The van der Waals surface area contributed by atoms with Crippen LogP contribution in [-0.4, -0.2) is 29.9 Å². The molecule has 0 unspecified atom stereocenters. The molecule has 0 aliphatic carbocycles. The minimum atomic E-state index is -0.0412. The van der Waals surface area contributed by atoms with Crippen LogP contribution in [0.15, 0.2) is 24.3 Å². The molecule has 18 heavy (non-hydrogen) atoms. The highest BCUT2D eigenvalue weighted by Gasteiger charge is 2.29. The smallest absolute Gasteiger partial charge is 0.245 e. The summed E-state index contributed by atoms with van der Waals surface area (Å²) in [5.41, 5.74) is 2.40. The molecule has 1 atom stereocenters. The number of nitrogens with one attached hydrogen (secondary N) is 1. The molecule has 1 fully saturated rings. The third-order valence-corrected chi connectivity index (χ3v) is 3.99. The first-order valence-corrected chi connectivity index (χ1v) is 6.98. The number of likely N-dealkylation sites (tertiary alicyclic amines) is 1. The maximum Gasteiger partial charge on any atom is 0.245 e. The van der Waals surface area contributed by atoms with Gasteiger partial charge in [0.1, 0.15) is 6.04 Å². The van der Waals surface area contributed by atoms with Crippen molar-refractivity contribution in [3.8, 4) is 0 Å². The van der Waals surface area contributed by atoms with Gasteiger partial charge in [0, 0.05) is 25.2 Å². The minimum Gasteiger partial charge on any atom is -0.373 e. The van der Waals surface area contributed by atoms with Gasteiger partial charge in [-0.05, 0) is 24.5 Å². The fourth-order valence-corrected chi connectivity index (χ4v) is 2.96. The SMILES string of the molecule is O=C([C@@H]1Cc2ccccc2N1)N1CCCCCC1. The van der Waals surface area contributed by atoms with E-state index < -0.39 is 0 Å². The normalized spacial score (nSPS) is 23.1. The molecular formula is C15H20N2O. The van der Waals surface area contributed by atoms with Gasteiger partial charge >= 0.3 is 0 Å². The number of fused-ring (bicyclic) bond motifs is 1. The van der Waals surface area contributed by atoms with E-state index in [9.17, 15) is 4.79 Å². The lowest BCUT2D eigenvalue weighted by Crippen LogP contribution is -2.42. The van der Waals surface area contributed by atoms with E-state index in [0.29, 0.717) is 0 Å². The lowest BCUT2D eigenvalue weighted by Gasteiger charge is -2.24. The maximum absolute atomic E-state index is 12.5. The van der Waals surface area contributed by atoms with Crippen molar-refractivity contribution in [1.29, 1.82) is 0 Å². The van der Waals surface area contributed by atoms with Crippen LogP contribution in [-0.2, 0) is 11.2 Å². The van der Waals surface area contributed by atoms with Gasteiger partial charge in [-0.1, -0.05) is 31.0 Å². The molecule has 1 N–H and O–H groups in total. The summed E-state index contributed by atoms with van der Waals surface area (Å²) in [4.78, 5) is 14.5. The second kappa shape index (κ2) is 5.01. The van der Waals surface area contributed by atoms with Crippen LogP contribution in [0.25, 0.3) is 0 Å². The van der Waals surface area contributed by atoms with Crippen LogP contribution in [0.4, 0.5) is 5.69 Å². The summed E-state index contributed by atoms with van der Waals surface area (Å²) in [6.45, 7) is 1.88. The van der Waals surface area contributed by atoms with E-state index in [-0.39, 0.29) is 11.9 Å². The fraction of sp³-hybridized carbons (Fsp3) is 0.533. The van der Waals surface area contributed by atoms with Gasteiger partial charge in [-0.15, -0.1) is 0 Å². The van der Waals surface area contributed by atoms with Gasteiger partial charge in [-0.25, -0.2) is 0 Å². The third-order valence-electron chi connectivity index (χ3n) is 3.99. The van der Waals surface area contributed by atoms with E-state index in [1.165, 1.54) is 18.4 Å². The van der Waals surface area contributed by atoms with Crippen molar-refractivity contribution in [2.45, 2.75) is 38.1 Å². The Kier molecular flexibility index (Phi) is 3.22. The molecule has 1 saturated heterocycles. The largest absolute Gasteiger partial charge is 0.373 e. The van der Waals surface area contributed by atoms with Gasteiger partial charge in [-0.3, -0.25) is 4.79 Å². The molecule has 0 aromatic heterocycles. The van der Waals surface area contributed by atoms with Gasteiger partial charge in [0.25, 0.3) is 0 Å². The van der Waals surface area contributed by atoms with Crippen molar-refractivity contribution in [2.75, 3.05) is 18.4 Å². The molecule has 1 aromatic rings. The highest BCUT2D eigenvalue weighted by molar-refractivity contribution is 5.87. The van der Waals surface area contributed by atoms with Crippen molar-refractivity contribution in [3.05, 3.63) is 29.8 Å². The molecule has 2 aliphatic rings. The average molecular weight is 244 g/mol. The van der Waals surface area contributed by atoms with E-state index in [0.717, 1.165) is 38.0 Å². The van der Waals surface area contributed by atoms with Crippen molar-refractivity contribution >= 4 is 11.6 Å². The highest BCUT2D eigenvalue weighted by atomic mass is 16.2. The molecule has 96 valence electrons. The topological polar surface area (TPSA) is 32.3 Å². The number of rotatable bonds is 1. The van der Waals surface area contributed by atoms with Crippen LogP contribution < -0.4 is 5.32 Å². The van der Waals surface area contributed by atoms with Crippen molar-refractivity contribution in [3.63, 3.8) is 0 Å². The summed E-state index contributed by atoms with van der Waals surface area (Å²) in [7, 11) is 0. The van der Waals surface area contributed by atoms with Crippen molar-refractivity contribution < 1.29 is 4.79 Å². The summed E-state index contributed by atoms with van der Waals surface area (Å²) in [6, 6.07) is 8.19. The molecule has 3 nitrogen and oxygen atoms in total. The van der Waals surface area contributed by atoms with Crippen LogP contribution in [0, 0.1) is 0 Å². The van der Waals surface area contributed by atoms with Crippen molar-refractivity contribution in [1.82, 2.24) is 4.90 Å². The predicted octanol–water partition coefficient (Wildman–Crippen LogP) is 2.43. The zero-order valence-corrected chi connectivity index (χ0v) is 10.7. The van der Waals surface area contributed by atoms with E-state index in [1.807, 2.05) is 12.1 Å². The first-order valence-electron chi connectivity index (χ1n) is 6.98. The van der Waals surface area contributed by atoms with E-state index in [4.69, 9.17) is 0 Å².